The van der Waals surface area contributed by atoms with E-state index in [0.29, 0.717) is 27.8 Å². The van der Waals surface area contributed by atoms with Crippen molar-refractivity contribution in [1.82, 2.24) is 4.98 Å². The molecule has 0 saturated heterocycles. The van der Waals surface area contributed by atoms with Gasteiger partial charge in [0.1, 0.15) is 10.9 Å². The molecule has 0 atom stereocenters. The van der Waals surface area contributed by atoms with Crippen LogP contribution in [0.25, 0.3) is 0 Å². The van der Waals surface area contributed by atoms with Gasteiger partial charge >= 0.3 is 0 Å². The topological polar surface area (TPSA) is 51.2 Å². The minimum atomic E-state index is -0.199. The lowest BCUT2D eigenvalue weighted by Gasteiger charge is -2.08. The van der Waals surface area contributed by atoms with Crippen LogP contribution in [-0.2, 0) is 0 Å². The van der Waals surface area contributed by atoms with Crippen LogP contribution in [0.2, 0.25) is 5.15 Å². The number of hydrogen-bond acceptors (Lipinski definition) is 3. The summed E-state index contributed by atoms with van der Waals surface area (Å²) in [5, 5.41) is 3.19. The molecule has 5 heteroatoms. The van der Waals surface area contributed by atoms with Crippen LogP contribution in [0.1, 0.15) is 16.1 Å². The van der Waals surface area contributed by atoms with E-state index in [0.717, 1.165) is 0 Å². The monoisotopic (exact) mass is 276 g/mol. The van der Waals surface area contributed by atoms with Crippen molar-refractivity contribution in [2.45, 2.75) is 6.92 Å². The Morgan fingerprint density at radius 2 is 1.89 bits per heavy atom. The number of anilines is 1. The molecule has 0 aliphatic heterocycles. The van der Waals surface area contributed by atoms with E-state index in [9.17, 15) is 4.79 Å². The van der Waals surface area contributed by atoms with E-state index >= 15 is 0 Å². The molecule has 2 rings (SSSR count). The number of benzene rings is 1. The highest BCUT2D eigenvalue weighted by Gasteiger charge is 2.08. The molecular weight excluding hydrogens is 264 g/mol. The second kappa shape index (κ2) is 5.71. The van der Waals surface area contributed by atoms with Gasteiger partial charge in [0.05, 0.1) is 18.5 Å². The molecule has 0 spiro atoms. The molecule has 1 aromatic carbocycles. The van der Waals surface area contributed by atoms with E-state index in [4.69, 9.17) is 16.3 Å². The standard InChI is InChI=1S/C14H13ClN2O2/c1-9-12(7-8-13(15)16-9)17-14(18)10-3-5-11(19-2)6-4-10/h3-8H,1-2H3,(H,17,18). The lowest BCUT2D eigenvalue weighted by atomic mass is 10.2. The first-order valence-corrected chi connectivity index (χ1v) is 6.06. The summed E-state index contributed by atoms with van der Waals surface area (Å²) in [6, 6.07) is 10.2. The average molecular weight is 277 g/mol. The summed E-state index contributed by atoms with van der Waals surface area (Å²) < 4.78 is 5.04. The highest BCUT2D eigenvalue weighted by molar-refractivity contribution is 6.29. The van der Waals surface area contributed by atoms with Gasteiger partial charge < -0.3 is 10.1 Å². The van der Waals surface area contributed by atoms with Gasteiger partial charge in [0.15, 0.2) is 0 Å². The van der Waals surface area contributed by atoms with Gasteiger partial charge in [0.2, 0.25) is 0 Å². The van der Waals surface area contributed by atoms with Crippen molar-refractivity contribution in [3.8, 4) is 5.75 Å². The zero-order chi connectivity index (χ0) is 13.8. The van der Waals surface area contributed by atoms with Crippen molar-refractivity contribution in [2.75, 3.05) is 12.4 Å². The van der Waals surface area contributed by atoms with Crippen LogP contribution in [-0.4, -0.2) is 18.0 Å². The summed E-state index contributed by atoms with van der Waals surface area (Å²) in [6.07, 6.45) is 0. The number of rotatable bonds is 3. The number of carbonyl (C=O) groups is 1. The molecule has 1 amide bonds. The first-order chi connectivity index (χ1) is 9.10. The molecule has 1 heterocycles. The highest BCUT2D eigenvalue weighted by Crippen LogP contribution is 2.17. The van der Waals surface area contributed by atoms with Crippen LogP contribution in [0.3, 0.4) is 0 Å². The lowest BCUT2D eigenvalue weighted by molar-refractivity contribution is 0.102. The summed E-state index contributed by atoms with van der Waals surface area (Å²) in [6.45, 7) is 1.79. The van der Waals surface area contributed by atoms with Crippen LogP contribution < -0.4 is 10.1 Å². The molecule has 0 unspecified atom stereocenters. The summed E-state index contributed by atoms with van der Waals surface area (Å²) in [4.78, 5) is 16.1. The molecule has 2 aromatic rings. The van der Waals surface area contributed by atoms with Gasteiger partial charge in [-0.15, -0.1) is 0 Å². The van der Waals surface area contributed by atoms with Gasteiger partial charge in [-0.05, 0) is 43.3 Å². The number of hydrogen-bond donors (Lipinski definition) is 1. The first-order valence-electron chi connectivity index (χ1n) is 5.68. The Morgan fingerprint density at radius 3 is 2.47 bits per heavy atom. The van der Waals surface area contributed by atoms with Gasteiger partial charge in [0, 0.05) is 5.56 Å². The smallest absolute Gasteiger partial charge is 0.255 e. The van der Waals surface area contributed by atoms with Crippen LogP contribution in [0.4, 0.5) is 5.69 Å². The summed E-state index contributed by atoms with van der Waals surface area (Å²) in [7, 11) is 1.58. The van der Waals surface area contributed by atoms with Crippen molar-refractivity contribution in [3.63, 3.8) is 0 Å². The molecule has 98 valence electrons. The number of aromatic nitrogens is 1. The van der Waals surface area contributed by atoms with E-state index in [-0.39, 0.29) is 5.91 Å². The SMILES string of the molecule is COc1ccc(C(=O)Nc2ccc(Cl)nc2C)cc1. The molecule has 0 radical (unpaired) electrons. The summed E-state index contributed by atoms with van der Waals surface area (Å²) >= 11 is 5.77. The molecule has 4 nitrogen and oxygen atoms in total. The third-order valence-corrected chi connectivity index (χ3v) is 2.86. The van der Waals surface area contributed by atoms with Gasteiger partial charge in [-0.1, -0.05) is 11.6 Å². The Balaban J connectivity index is 2.15. The average Bonchev–Trinajstić information content (AvgIpc) is 2.42. The Hall–Kier alpha value is -2.07. The second-order valence-electron chi connectivity index (χ2n) is 3.95. The maximum absolute atomic E-state index is 12.0. The normalized spacial score (nSPS) is 10.1. The maximum atomic E-state index is 12.0. The Bertz CT molecular complexity index is 597. The fourth-order valence-corrected chi connectivity index (χ4v) is 1.79. The fraction of sp³-hybridized carbons (Fsp3) is 0.143. The number of aryl methyl sites for hydroxylation is 1. The van der Waals surface area contributed by atoms with E-state index in [1.54, 1.807) is 50.4 Å². The Kier molecular flexibility index (Phi) is 4.02. The van der Waals surface area contributed by atoms with Gasteiger partial charge in [-0.3, -0.25) is 4.79 Å². The van der Waals surface area contributed by atoms with Crippen molar-refractivity contribution in [3.05, 3.63) is 52.8 Å². The number of ether oxygens (including phenoxy) is 1. The number of pyridine rings is 1. The Labute approximate surface area is 116 Å². The van der Waals surface area contributed by atoms with Gasteiger partial charge in [-0.25, -0.2) is 4.98 Å². The highest BCUT2D eigenvalue weighted by atomic mass is 35.5. The Morgan fingerprint density at radius 1 is 1.21 bits per heavy atom. The predicted molar refractivity (Wildman–Crippen MR) is 74.9 cm³/mol. The van der Waals surface area contributed by atoms with Crippen LogP contribution >= 0.6 is 11.6 Å². The summed E-state index contributed by atoms with van der Waals surface area (Å²) in [5.41, 5.74) is 1.87. The summed E-state index contributed by atoms with van der Waals surface area (Å²) in [5.74, 6) is 0.510. The molecule has 0 saturated carbocycles. The minimum absolute atomic E-state index is 0.199. The zero-order valence-corrected chi connectivity index (χ0v) is 11.4. The molecule has 19 heavy (non-hydrogen) atoms. The molecule has 1 N–H and O–H groups in total. The number of amides is 1. The maximum Gasteiger partial charge on any atom is 0.255 e. The predicted octanol–water partition coefficient (Wildman–Crippen LogP) is 3.30. The van der Waals surface area contributed by atoms with E-state index < -0.39 is 0 Å². The van der Waals surface area contributed by atoms with E-state index in [1.807, 2.05) is 0 Å². The van der Waals surface area contributed by atoms with Gasteiger partial charge in [0.25, 0.3) is 5.91 Å². The van der Waals surface area contributed by atoms with Crippen molar-refractivity contribution < 1.29 is 9.53 Å². The van der Waals surface area contributed by atoms with Crippen LogP contribution in [0.5, 0.6) is 5.75 Å². The van der Waals surface area contributed by atoms with Gasteiger partial charge in [-0.2, -0.15) is 0 Å². The van der Waals surface area contributed by atoms with Crippen molar-refractivity contribution in [2.24, 2.45) is 0 Å². The minimum Gasteiger partial charge on any atom is -0.497 e. The van der Waals surface area contributed by atoms with E-state index in [1.165, 1.54) is 0 Å². The fourth-order valence-electron chi connectivity index (χ4n) is 1.60. The third kappa shape index (κ3) is 3.23. The van der Waals surface area contributed by atoms with Crippen molar-refractivity contribution >= 4 is 23.2 Å². The number of methoxy groups -OCH3 is 1. The zero-order valence-electron chi connectivity index (χ0n) is 10.6. The first kappa shape index (κ1) is 13.4. The number of nitrogens with zero attached hydrogens (tertiary/aromatic N) is 1. The number of nitrogens with one attached hydrogen (secondary N) is 1. The molecule has 0 bridgehead atoms. The molecule has 0 aliphatic carbocycles. The lowest BCUT2D eigenvalue weighted by Crippen LogP contribution is -2.13. The van der Waals surface area contributed by atoms with Crippen LogP contribution in [0.15, 0.2) is 36.4 Å². The molecule has 0 aliphatic rings. The number of halogens is 1. The molecule has 0 fully saturated rings. The third-order valence-electron chi connectivity index (χ3n) is 2.65. The number of carbonyl (C=O) groups excluding carboxylic acids is 1. The quantitative estimate of drug-likeness (QED) is 0.875. The molecular formula is C14H13ClN2O2. The van der Waals surface area contributed by atoms with Crippen molar-refractivity contribution in [1.29, 1.82) is 0 Å². The molecule has 1 aromatic heterocycles. The van der Waals surface area contributed by atoms with Crippen LogP contribution in [0, 0.1) is 6.92 Å². The largest absolute Gasteiger partial charge is 0.497 e. The van der Waals surface area contributed by atoms with E-state index in [2.05, 4.69) is 10.3 Å². The second-order valence-corrected chi connectivity index (χ2v) is 4.34.